The highest BCUT2D eigenvalue weighted by molar-refractivity contribution is 5.93. The third kappa shape index (κ3) is 5.75. The lowest BCUT2D eigenvalue weighted by atomic mass is 10.0. The van der Waals surface area contributed by atoms with Gasteiger partial charge in [-0.3, -0.25) is 14.9 Å². The topological polar surface area (TPSA) is 90.7 Å². The van der Waals surface area contributed by atoms with E-state index >= 15 is 0 Å². The Morgan fingerprint density at radius 2 is 1.74 bits per heavy atom. The van der Waals surface area contributed by atoms with Gasteiger partial charge in [0.15, 0.2) is 0 Å². The van der Waals surface area contributed by atoms with Crippen LogP contribution >= 0.6 is 0 Å². The molecular formula is C22H18F2N2O5. The Hall–Kier alpha value is -4.01. The van der Waals surface area contributed by atoms with Gasteiger partial charge in [0.05, 0.1) is 18.5 Å². The van der Waals surface area contributed by atoms with E-state index in [2.05, 4.69) is 10.1 Å². The summed E-state index contributed by atoms with van der Waals surface area (Å²) >= 11 is 0. The van der Waals surface area contributed by atoms with Gasteiger partial charge in [-0.05, 0) is 41.5 Å². The van der Waals surface area contributed by atoms with Crippen molar-refractivity contribution in [1.82, 2.24) is 0 Å². The van der Waals surface area contributed by atoms with Crippen molar-refractivity contribution in [2.75, 3.05) is 12.4 Å². The number of carbonyl (C=O) groups excluding carboxylic acids is 1. The van der Waals surface area contributed by atoms with E-state index in [4.69, 9.17) is 4.74 Å². The van der Waals surface area contributed by atoms with Gasteiger partial charge in [-0.15, -0.1) is 0 Å². The molecule has 7 nitrogen and oxygen atoms in total. The van der Waals surface area contributed by atoms with Crippen molar-refractivity contribution in [3.8, 4) is 22.6 Å². The van der Waals surface area contributed by atoms with Gasteiger partial charge in [-0.2, -0.15) is 8.78 Å². The molecule has 0 heterocycles. The number of halogens is 2. The molecule has 1 amide bonds. The average molecular weight is 428 g/mol. The molecule has 31 heavy (non-hydrogen) atoms. The van der Waals surface area contributed by atoms with Crippen molar-refractivity contribution in [1.29, 1.82) is 0 Å². The first-order valence-corrected chi connectivity index (χ1v) is 9.12. The summed E-state index contributed by atoms with van der Waals surface area (Å²) in [5.74, 6) is 0.207. The molecule has 0 saturated heterocycles. The van der Waals surface area contributed by atoms with Crippen LogP contribution in [0.3, 0.4) is 0 Å². The van der Waals surface area contributed by atoms with Crippen LogP contribution in [0.15, 0.2) is 66.7 Å². The number of ether oxygens (including phenoxy) is 2. The van der Waals surface area contributed by atoms with E-state index in [1.165, 1.54) is 49.6 Å². The van der Waals surface area contributed by atoms with Gasteiger partial charge in [0.25, 0.3) is 5.69 Å². The van der Waals surface area contributed by atoms with E-state index in [0.29, 0.717) is 28.1 Å². The molecule has 1 N–H and O–H groups in total. The molecule has 160 valence electrons. The lowest BCUT2D eigenvalue weighted by Gasteiger charge is -2.14. The van der Waals surface area contributed by atoms with Gasteiger partial charge in [-0.1, -0.05) is 24.3 Å². The number of alkyl halides is 2. The average Bonchev–Trinajstić information content (AvgIpc) is 2.75. The summed E-state index contributed by atoms with van der Waals surface area (Å²) in [4.78, 5) is 22.6. The summed E-state index contributed by atoms with van der Waals surface area (Å²) in [6.07, 6.45) is -0.00878. The molecule has 0 radical (unpaired) electrons. The van der Waals surface area contributed by atoms with Gasteiger partial charge >= 0.3 is 6.61 Å². The van der Waals surface area contributed by atoms with E-state index in [1.807, 2.05) is 0 Å². The normalized spacial score (nSPS) is 10.6. The minimum Gasteiger partial charge on any atom is -0.497 e. The fraction of sp³-hybridized carbons (Fsp3) is 0.136. The van der Waals surface area contributed by atoms with Gasteiger partial charge in [0.1, 0.15) is 11.5 Å². The minimum absolute atomic E-state index is 0.00878. The number of methoxy groups -OCH3 is 1. The SMILES string of the molecule is COc1ccc(-c2cc(NC(=O)Cc3ccc([N+](=O)[O-])cc3)ccc2OC(F)F)cc1. The number of nitro benzene ring substituents is 1. The van der Waals surface area contributed by atoms with E-state index in [-0.39, 0.29) is 23.8 Å². The maximum absolute atomic E-state index is 12.8. The number of nitrogens with one attached hydrogen (secondary N) is 1. The zero-order valence-corrected chi connectivity index (χ0v) is 16.4. The summed E-state index contributed by atoms with van der Waals surface area (Å²) in [6.45, 7) is -3.00. The molecule has 3 aromatic carbocycles. The minimum atomic E-state index is -3.00. The summed E-state index contributed by atoms with van der Waals surface area (Å²) in [5.41, 5.74) is 1.89. The second-order valence-corrected chi connectivity index (χ2v) is 6.47. The van der Waals surface area contributed by atoms with Crippen molar-refractivity contribution < 1.29 is 28.0 Å². The second kappa shape index (κ2) is 9.66. The van der Waals surface area contributed by atoms with Crippen LogP contribution in [0.1, 0.15) is 5.56 Å². The summed E-state index contributed by atoms with van der Waals surface area (Å²) in [7, 11) is 1.52. The van der Waals surface area contributed by atoms with E-state index < -0.39 is 11.5 Å². The van der Waals surface area contributed by atoms with Crippen molar-refractivity contribution >= 4 is 17.3 Å². The van der Waals surface area contributed by atoms with Crippen LogP contribution in [-0.4, -0.2) is 24.6 Å². The van der Waals surface area contributed by atoms with Gasteiger partial charge in [0.2, 0.25) is 5.91 Å². The second-order valence-electron chi connectivity index (χ2n) is 6.47. The first kappa shape index (κ1) is 21.7. The standard InChI is InChI=1S/C22H18F2N2O5/c1-30-18-9-4-15(5-10-18)19-13-16(6-11-20(19)31-22(23)24)25-21(27)12-14-2-7-17(8-3-14)26(28)29/h2-11,13,22H,12H2,1H3,(H,25,27). The van der Waals surface area contributed by atoms with Crippen LogP contribution in [0.2, 0.25) is 0 Å². The lowest BCUT2D eigenvalue weighted by Crippen LogP contribution is -2.14. The largest absolute Gasteiger partial charge is 0.497 e. The molecule has 3 aromatic rings. The number of nitro groups is 1. The molecule has 0 atom stereocenters. The molecule has 3 rings (SSSR count). The smallest absolute Gasteiger partial charge is 0.387 e. The van der Waals surface area contributed by atoms with Crippen LogP contribution in [0.5, 0.6) is 11.5 Å². The van der Waals surface area contributed by atoms with E-state index in [9.17, 15) is 23.7 Å². The monoisotopic (exact) mass is 428 g/mol. The number of carbonyl (C=O) groups is 1. The van der Waals surface area contributed by atoms with Crippen molar-refractivity contribution in [3.05, 3.63) is 82.4 Å². The predicted molar refractivity (Wildman–Crippen MR) is 110 cm³/mol. The molecular weight excluding hydrogens is 410 g/mol. The number of hydrogen-bond donors (Lipinski definition) is 1. The van der Waals surface area contributed by atoms with E-state index in [1.54, 1.807) is 24.3 Å². The molecule has 0 fully saturated rings. The Balaban J connectivity index is 1.80. The molecule has 0 spiro atoms. The number of non-ortho nitro benzene ring substituents is 1. The van der Waals surface area contributed by atoms with Crippen molar-refractivity contribution in [2.24, 2.45) is 0 Å². The van der Waals surface area contributed by atoms with Crippen LogP contribution in [0.4, 0.5) is 20.2 Å². The number of amides is 1. The third-order valence-electron chi connectivity index (χ3n) is 4.39. The van der Waals surface area contributed by atoms with E-state index in [0.717, 1.165) is 0 Å². The maximum atomic E-state index is 12.8. The Kier molecular flexibility index (Phi) is 6.76. The van der Waals surface area contributed by atoms with Crippen LogP contribution < -0.4 is 14.8 Å². The van der Waals surface area contributed by atoms with Gasteiger partial charge in [-0.25, -0.2) is 0 Å². The summed E-state index contributed by atoms with van der Waals surface area (Å²) in [6, 6.07) is 16.7. The molecule has 0 bridgehead atoms. The lowest BCUT2D eigenvalue weighted by molar-refractivity contribution is -0.384. The fourth-order valence-corrected chi connectivity index (χ4v) is 2.93. The Morgan fingerprint density at radius 1 is 1.06 bits per heavy atom. The first-order valence-electron chi connectivity index (χ1n) is 9.12. The molecule has 0 aromatic heterocycles. The molecule has 0 aliphatic carbocycles. The Morgan fingerprint density at radius 3 is 2.32 bits per heavy atom. The zero-order valence-electron chi connectivity index (χ0n) is 16.4. The van der Waals surface area contributed by atoms with Crippen LogP contribution in [0.25, 0.3) is 11.1 Å². The highest BCUT2D eigenvalue weighted by atomic mass is 19.3. The Labute approximate surface area is 176 Å². The summed E-state index contributed by atoms with van der Waals surface area (Å²) in [5, 5.41) is 13.4. The number of hydrogen-bond acceptors (Lipinski definition) is 5. The molecule has 9 heteroatoms. The van der Waals surface area contributed by atoms with Crippen molar-refractivity contribution in [2.45, 2.75) is 13.0 Å². The third-order valence-corrected chi connectivity index (χ3v) is 4.39. The summed E-state index contributed by atoms with van der Waals surface area (Å²) < 4.78 is 35.3. The molecule has 0 aliphatic rings. The van der Waals surface area contributed by atoms with Gasteiger partial charge in [0, 0.05) is 23.4 Å². The highest BCUT2D eigenvalue weighted by Gasteiger charge is 2.14. The van der Waals surface area contributed by atoms with Crippen LogP contribution in [-0.2, 0) is 11.2 Å². The number of benzene rings is 3. The number of nitrogens with zero attached hydrogens (tertiary/aromatic N) is 1. The maximum Gasteiger partial charge on any atom is 0.387 e. The molecule has 0 unspecified atom stereocenters. The van der Waals surface area contributed by atoms with Crippen LogP contribution in [0, 0.1) is 10.1 Å². The quantitative estimate of drug-likeness (QED) is 0.400. The molecule has 0 saturated carbocycles. The zero-order chi connectivity index (χ0) is 22.4. The number of rotatable bonds is 8. The first-order chi connectivity index (χ1) is 14.9. The van der Waals surface area contributed by atoms with Gasteiger partial charge < -0.3 is 14.8 Å². The number of anilines is 1. The highest BCUT2D eigenvalue weighted by Crippen LogP contribution is 2.34. The molecule has 0 aliphatic heterocycles. The fourth-order valence-electron chi connectivity index (χ4n) is 2.93. The predicted octanol–water partition coefficient (Wildman–Crippen LogP) is 5.05. The Bertz CT molecular complexity index is 1070. The van der Waals surface area contributed by atoms with Crippen molar-refractivity contribution in [3.63, 3.8) is 0 Å².